The Hall–Kier alpha value is -3.41. The molecule has 0 aromatic carbocycles. The molecule has 6 heteroatoms. The smallest absolute Gasteiger partial charge is 0.306 e. The SMILES string of the molecule is CC/C=C\C/C=C\C/C=C\C/C=C\C/C=C\CCCCCCCCCC(=O)OCC(COC(=O)CCCCCCC)OC(=O)CCCCCCC/C=C\C/C=C\CCCC. The minimum absolute atomic E-state index is 0.0874. The van der Waals surface area contributed by atoms with E-state index in [2.05, 4.69) is 106 Å². The Labute approximate surface area is 369 Å². The zero-order valence-electron chi connectivity index (χ0n) is 38.9. The van der Waals surface area contributed by atoms with Gasteiger partial charge in [0.25, 0.3) is 0 Å². The van der Waals surface area contributed by atoms with Crippen LogP contribution < -0.4 is 0 Å². The van der Waals surface area contributed by atoms with E-state index in [1.807, 2.05) is 0 Å². The topological polar surface area (TPSA) is 78.9 Å². The van der Waals surface area contributed by atoms with Gasteiger partial charge in [-0.2, -0.15) is 0 Å². The molecule has 1 unspecified atom stereocenters. The average molecular weight is 835 g/mol. The molecule has 342 valence electrons. The Morgan fingerprint density at radius 3 is 1.07 bits per heavy atom. The molecule has 0 aliphatic heterocycles. The quantitative estimate of drug-likeness (QED) is 0.0263. The minimum atomic E-state index is -0.784. The molecule has 1 atom stereocenters. The van der Waals surface area contributed by atoms with E-state index in [4.69, 9.17) is 14.2 Å². The van der Waals surface area contributed by atoms with Crippen molar-refractivity contribution in [2.24, 2.45) is 0 Å². The molecule has 0 aliphatic carbocycles. The number of unbranched alkanes of at least 4 members (excludes halogenated alkanes) is 18. The highest BCUT2D eigenvalue weighted by Gasteiger charge is 2.19. The molecule has 0 amide bonds. The third-order valence-corrected chi connectivity index (χ3v) is 10.1. The summed E-state index contributed by atoms with van der Waals surface area (Å²) in [7, 11) is 0. The largest absolute Gasteiger partial charge is 0.462 e. The fourth-order valence-corrected chi connectivity index (χ4v) is 6.42. The van der Waals surface area contributed by atoms with Crippen LogP contribution in [0.4, 0.5) is 0 Å². The lowest BCUT2D eigenvalue weighted by Crippen LogP contribution is -2.30. The number of hydrogen-bond donors (Lipinski definition) is 0. The van der Waals surface area contributed by atoms with Crippen LogP contribution in [0.2, 0.25) is 0 Å². The van der Waals surface area contributed by atoms with E-state index in [0.29, 0.717) is 19.3 Å². The van der Waals surface area contributed by atoms with Crippen molar-refractivity contribution in [1.29, 1.82) is 0 Å². The lowest BCUT2D eigenvalue weighted by molar-refractivity contribution is -0.167. The Bertz CT molecular complexity index is 1190. The van der Waals surface area contributed by atoms with E-state index < -0.39 is 6.10 Å². The number of allylic oxidation sites excluding steroid dienone is 14. The van der Waals surface area contributed by atoms with Gasteiger partial charge in [-0.15, -0.1) is 0 Å². The van der Waals surface area contributed by atoms with Crippen molar-refractivity contribution in [3.63, 3.8) is 0 Å². The molecular formula is C54H90O6. The standard InChI is InChI=1S/C54H90O6/c1-4-7-10-13-15-17-19-21-23-24-25-26-27-28-29-30-31-33-34-36-38-41-44-47-53(56)59-50-51(49-58-52(55)46-43-40-12-9-6-3)60-54(57)48-45-42-39-37-35-32-22-20-18-16-14-11-8-5-2/h7,10,14-17,20-23,25-26,28-29,51H,4-6,8-9,11-13,18-19,24,27,30-50H2,1-3H3/b10-7-,16-14-,17-15-,22-20-,23-21-,26-25-,29-28-. The highest BCUT2D eigenvalue weighted by atomic mass is 16.6. The van der Waals surface area contributed by atoms with Crippen LogP contribution in [0.25, 0.3) is 0 Å². The van der Waals surface area contributed by atoms with E-state index >= 15 is 0 Å². The first-order valence-electron chi connectivity index (χ1n) is 24.6. The van der Waals surface area contributed by atoms with Gasteiger partial charge in [-0.25, -0.2) is 0 Å². The predicted octanol–water partition coefficient (Wildman–Crippen LogP) is 16.0. The van der Waals surface area contributed by atoms with Gasteiger partial charge in [-0.1, -0.05) is 196 Å². The first-order chi connectivity index (χ1) is 29.5. The lowest BCUT2D eigenvalue weighted by atomic mass is 10.1. The summed E-state index contributed by atoms with van der Waals surface area (Å²) in [6.45, 7) is 6.36. The number of ether oxygens (including phenoxy) is 3. The van der Waals surface area contributed by atoms with Crippen molar-refractivity contribution >= 4 is 17.9 Å². The maximum absolute atomic E-state index is 12.7. The summed E-state index contributed by atoms with van der Waals surface area (Å²) in [5.74, 6) is -0.931. The number of hydrogen-bond acceptors (Lipinski definition) is 6. The molecule has 0 fully saturated rings. The Morgan fingerprint density at radius 2 is 0.667 bits per heavy atom. The normalized spacial score (nSPS) is 12.8. The maximum atomic E-state index is 12.7. The van der Waals surface area contributed by atoms with Crippen molar-refractivity contribution in [2.75, 3.05) is 13.2 Å². The molecule has 6 nitrogen and oxygen atoms in total. The first kappa shape index (κ1) is 56.6. The van der Waals surface area contributed by atoms with Crippen LogP contribution >= 0.6 is 0 Å². The molecule has 0 N–H and O–H groups in total. The predicted molar refractivity (Wildman–Crippen MR) is 256 cm³/mol. The molecule has 0 bridgehead atoms. The first-order valence-corrected chi connectivity index (χ1v) is 24.6. The van der Waals surface area contributed by atoms with Gasteiger partial charge >= 0.3 is 17.9 Å². The number of esters is 3. The van der Waals surface area contributed by atoms with E-state index in [1.165, 1.54) is 51.4 Å². The van der Waals surface area contributed by atoms with E-state index in [-0.39, 0.29) is 31.1 Å². The summed E-state index contributed by atoms with van der Waals surface area (Å²) in [5, 5.41) is 0. The second kappa shape index (κ2) is 48.3. The summed E-state index contributed by atoms with van der Waals surface area (Å²) in [6.07, 6.45) is 61.7. The molecule has 0 heterocycles. The third-order valence-electron chi connectivity index (χ3n) is 10.1. The summed E-state index contributed by atoms with van der Waals surface area (Å²) in [6, 6.07) is 0. The third kappa shape index (κ3) is 45.7. The molecule has 0 spiro atoms. The van der Waals surface area contributed by atoms with Crippen LogP contribution in [-0.2, 0) is 28.6 Å². The number of carbonyl (C=O) groups excluding carboxylic acids is 3. The van der Waals surface area contributed by atoms with Gasteiger partial charge in [0.05, 0.1) is 0 Å². The van der Waals surface area contributed by atoms with Gasteiger partial charge in [-0.05, 0) is 89.9 Å². The Morgan fingerprint density at radius 1 is 0.350 bits per heavy atom. The van der Waals surface area contributed by atoms with Crippen LogP contribution in [0.5, 0.6) is 0 Å². The highest BCUT2D eigenvalue weighted by molar-refractivity contribution is 5.71. The molecule has 0 aromatic rings. The highest BCUT2D eigenvalue weighted by Crippen LogP contribution is 2.13. The second-order valence-corrected chi connectivity index (χ2v) is 16.0. The van der Waals surface area contributed by atoms with Crippen molar-refractivity contribution < 1.29 is 28.6 Å². The zero-order chi connectivity index (χ0) is 43.7. The van der Waals surface area contributed by atoms with Gasteiger partial charge in [0.2, 0.25) is 0 Å². The van der Waals surface area contributed by atoms with Crippen molar-refractivity contribution in [3.05, 3.63) is 85.1 Å². The van der Waals surface area contributed by atoms with Gasteiger partial charge < -0.3 is 14.2 Å². The van der Waals surface area contributed by atoms with Crippen LogP contribution in [-0.4, -0.2) is 37.2 Å². The minimum Gasteiger partial charge on any atom is -0.462 e. The van der Waals surface area contributed by atoms with E-state index in [0.717, 1.165) is 128 Å². The number of rotatable bonds is 43. The fourth-order valence-electron chi connectivity index (χ4n) is 6.42. The summed E-state index contributed by atoms with van der Waals surface area (Å²) < 4.78 is 16.6. The van der Waals surface area contributed by atoms with Gasteiger partial charge in [0.15, 0.2) is 6.10 Å². The molecule has 60 heavy (non-hydrogen) atoms. The average Bonchev–Trinajstić information content (AvgIpc) is 3.24. The molecule has 0 saturated heterocycles. The van der Waals surface area contributed by atoms with Crippen LogP contribution in [0.15, 0.2) is 85.1 Å². The number of carbonyl (C=O) groups is 3. The van der Waals surface area contributed by atoms with Crippen LogP contribution in [0.3, 0.4) is 0 Å². The monoisotopic (exact) mass is 835 g/mol. The Kier molecular flexibility index (Phi) is 45.5. The molecule has 0 rings (SSSR count). The van der Waals surface area contributed by atoms with Crippen molar-refractivity contribution in [2.45, 2.75) is 226 Å². The lowest BCUT2D eigenvalue weighted by Gasteiger charge is -2.18. The molecule has 0 aromatic heterocycles. The maximum Gasteiger partial charge on any atom is 0.306 e. The van der Waals surface area contributed by atoms with Crippen LogP contribution in [0.1, 0.15) is 220 Å². The molecule has 0 radical (unpaired) electrons. The van der Waals surface area contributed by atoms with Gasteiger partial charge in [-0.3, -0.25) is 14.4 Å². The zero-order valence-corrected chi connectivity index (χ0v) is 38.9. The molecule has 0 saturated carbocycles. The van der Waals surface area contributed by atoms with E-state index in [1.54, 1.807) is 0 Å². The summed E-state index contributed by atoms with van der Waals surface area (Å²) in [4.78, 5) is 37.6. The summed E-state index contributed by atoms with van der Waals surface area (Å²) >= 11 is 0. The fraction of sp³-hybridized carbons (Fsp3) is 0.685. The van der Waals surface area contributed by atoms with Gasteiger partial charge in [0, 0.05) is 19.3 Å². The van der Waals surface area contributed by atoms with Gasteiger partial charge in [0.1, 0.15) is 13.2 Å². The van der Waals surface area contributed by atoms with E-state index in [9.17, 15) is 14.4 Å². The van der Waals surface area contributed by atoms with Crippen molar-refractivity contribution in [3.8, 4) is 0 Å². The second-order valence-electron chi connectivity index (χ2n) is 16.0. The summed E-state index contributed by atoms with van der Waals surface area (Å²) in [5.41, 5.74) is 0. The molecular weight excluding hydrogens is 745 g/mol. The molecule has 0 aliphatic rings. The Balaban J connectivity index is 4.20. The van der Waals surface area contributed by atoms with Crippen molar-refractivity contribution in [1.82, 2.24) is 0 Å². The van der Waals surface area contributed by atoms with Crippen LogP contribution in [0, 0.1) is 0 Å².